The van der Waals surface area contributed by atoms with E-state index >= 15 is 0 Å². The van der Waals surface area contributed by atoms with Crippen molar-refractivity contribution in [3.63, 3.8) is 0 Å². The Kier molecular flexibility index (Phi) is 18.4. The van der Waals surface area contributed by atoms with Gasteiger partial charge in [-0.1, -0.05) is 51.9 Å². The summed E-state index contributed by atoms with van der Waals surface area (Å²) in [6, 6.07) is 0. The molecule has 3 nitrogen and oxygen atoms in total. The zero-order chi connectivity index (χ0) is 10.6. The van der Waals surface area contributed by atoms with Gasteiger partial charge in [0, 0.05) is 0 Å². The summed E-state index contributed by atoms with van der Waals surface area (Å²) in [4.78, 5) is 10.0. The van der Waals surface area contributed by atoms with E-state index in [4.69, 9.17) is 0 Å². The van der Waals surface area contributed by atoms with E-state index in [1.807, 2.05) is 0 Å². The first-order valence-electron chi connectivity index (χ1n) is 5.54. The summed E-state index contributed by atoms with van der Waals surface area (Å²) in [6.45, 7) is 2.56. The quantitative estimate of drug-likeness (QED) is 0.312. The van der Waals surface area contributed by atoms with Crippen LogP contribution < -0.4 is 34.5 Å². The average molecular weight is 243 g/mol. The minimum atomic E-state index is -2.63. The van der Waals surface area contributed by atoms with E-state index in [0.29, 0.717) is 6.61 Å². The van der Waals surface area contributed by atoms with Crippen molar-refractivity contribution < 1.29 is 43.5 Å². The Morgan fingerprint density at radius 2 is 1.47 bits per heavy atom. The first kappa shape index (κ1) is 18.4. The van der Waals surface area contributed by atoms with Crippen LogP contribution in [0.25, 0.3) is 0 Å². The van der Waals surface area contributed by atoms with Gasteiger partial charge in [0.15, 0.2) is 0 Å². The fraction of sp³-hybridized carbons (Fsp3) is 1.00. The van der Waals surface area contributed by atoms with Gasteiger partial charge in [-0.2, -0.15) is 0 Å². The Hall–Kier alpha value is 1.02. The first-order chi connectivity index (χ1) is 6.77. The van der Waals surface area contributed by atoms with Gasteiger partial charge in [-0.3, -0.25) is 0 Å². The van der Waals surface area contributed by atoms with Gasteiger partial charge in [0.05, 0.1) is 0 Å². The SMILES string of the molecule is CCCCCCCCCCO[P+](=O)[O-].[Na+]. The van der Waals surface area contributed by atoms with E-state index in [1.165, 1.54) is 38.5 Å². The third-order valence-corrected chi connectivity index (χ3v) is 2.59. The van der Waals surface area contributed by atoms with Gasteiger partial charge >= 0.3 is 37.8 Å². The van der Waals surface area contributed by atoms with Crippen LogP contribution in [-0.2, 0) is 9.09 Å². The summed E-state index contributed by atoms with van der Waals surface area (Å²) in [5.74, 6) is 0. The Morgan fingerprint density at radius 1 is 1.00 bits per heavy atom. The summed E-state index contributed by atoms with van der Waals surface area (Å²) < 4.78 is 14.5. The Labute approximate surface area is 116 Å². The van der Waals surface area contributed by atoms with E-state index < -0.39 is 8.25 Å². The van der Waals surface area contributed by atoms with E-state index in [1.54, 1.807) is 0 Å². The molecule has 0 aromatic carbocycles. The van der Waals surface area contributed by atoms with Gasteiger partial charge < -0.3 is 4.89 Å². The molecule has 0 bridgehead atoms. The standard InChI is InChI=1S/C10H21O3P.Na/c1-2-3-4-5-6-7-8-9-10-13-14(11)12;/h2-10H2,1H3;/q;+1. The van der Waals surface area contributed by atoms with Crippen molar-refractivity contribution in [1.29, 1.82) is 0 Å². The van der Waals surface area contributed by atoms with Crippen molar-refractivity contribution in [2.75, 3.05) is 6.61 Å². The molecule has 1 atom stereocenters. The molecule has 0 N–H and O–H groups in total. The Bertz CT molecular complexity index is 145. The first-order valence-corrected chi connectivity index (χ1v) is 6.64. The summed E-state index contributed by atoms with van der Waals surface area (Å²) >= 11 is 0. The van der Waals surface area contributed by atoms with Crippen LogP contribution in [0.4, 0.5) is 0 Å². The molecule has 0 aliphatic heterocycles. The van der Waals surface area contributed by atoms with E-state index in [9.17, 15) is 9.46 Å². The topological polar surface area (TPSA) is 49.4 Å². The monoisotopic (exact) mass is 243 g/mol. The van der Waals surface area contributed by atoms with Crippen molar-refractivity contribution in [1.82, 2.24) is 0 Å². The predicted octanol–water partition coefficient (Wildman–Crippen LogP) is 0.165. The van der Waals surface area contributed by atoms with Crippen LogP contribution in [0.5, 0.6) is 0 Å². The maximum atomic E-state index is 10.0. The number of hydrogen-bond donors (Lipinski definition) is 0. The second-order valence-electron chi connectivity index (χ2n) is 3.53. The zero-order valence-corrected chi connectivity index (χ0v) is 12.9. The normalized spacial score (nSPS) is 10.9. The van der Waals surface area contributed by atoms with Crippen molar-refractivity contribution >= 4 is 8.25 Å². The maximum absolute atomic E-state index is 10.0. The molecule has 0 aromatic heterocycles. The van der Waals surface area contributed by atoms with Crippen LogP contribution in [0.3, 0.4) is 0 Å². The molecule has 0 saturated carbocycles. The fourth-order valence-corrected chi connectivity index (χ4v) is 1.65. The molecule has 0 aliphatic rings. The molecule has 15 heavy (non-hydrogen) atoms. The molecular formula is C10H21NaO3P+. The molecular weight excluding hydrogens is 222 g/mol. The van der Waals surface area contributed by atoms with Crippen molar-refractivity contribution in [2.45, 2.75) is 58.3 Å². The van der Waals surface area contributed by atoms with E-state index in [-0.39, 0.29) is 29.6 Å². The second kappa shape index (κ2) is 15.0. The van der Waals surface area contributed by atoms with Crippen molar-refractivity contribution in [3.8, 4) is 0 Å². The van der Waals surface area contributed by atoms with Crippen LogP contribution in [0, 0.1) is 0 Å². The molecule has 0 amide bonds. The molecule has 0 rings (SSSR count). The minimum Gasteiger partial charge on any atom is -0.566 e. The molecule has 0 spiro atoms. The maximum Gasteiger partial charge on any atom is 1.00 e. The molecule has 0 fully saturated rings. The molecule has 1 unspecified atom stereocenters. The molecule has 0 heterocycles. The van der Waals surface area contributed by atoms with Crippen LogP contribution in [0.15, 0.2) is 0 Å². The van der Waals surface area contributed by atoms with Gasteiger partial charge in [-0.05, 0) is 11.0 Å². The van der Waals surface area contributed by atoms with E-state index in [2.05, 4.69) is 11.4 Å². The van der Waals surface area contributed by atoms with E-state index in [0.717, 1.165) is 12.8 Å². The van der Waals surface area contributed by atoms with Crippen LogP contribution in [0.2, 0.25) is 0 Å². The third kappa shape index (κ3) is 17.6. The zero-order valence-electron chi connectivity index (χ0n) is 10.0. The van der Waals surface area contributed by atoms with Crippen LogP contribution >= 0.6 is 8.25 Å². The predicted molar refractivity (Wildman–Crippen MR) is 56.2 cm³/mol. The number of rotatable bonds is 10. The average Bonchev–Trinajstić information content (AvgIpc) is 2.15. The van der Waals surface area contributed by atoms with Crippen molar-refractivity contribution in [2.24, 2.45) is 0 Å². The molecule has 0 aliphatic carbocycles. The van der Waals surface area contributed by atoms with Gasteiger partial charge in [-0.25, -0.2) is 0 Å². The summed E-state index contributed by atoms with van der Waals surface area (Å²) in [5.41, 5.74) is 0. The Morgan fingerprint density at radius 3 is 1.93 bits per heavy atom. The van der Waals surface area contributed by atoms with Gasteiger partial charge in [0.25, 0.3) is 0 Å². The Balaban J connectivity index is 0. The molecule has 0 saturated heterocycles. The number of hydrogen-bond acceptors (Lipinski definition) is 3. The largest absolute Gasteiger partial charge is 1.00 e. The van der Waals surface area contributed by atoms with Crippen LogP contribution in [-0.4, -0.2) is 6.61 Å². The molecule has 84 valence electrons. The van der Waals surface area contributed by atoms with Gasteiger partial charge in [-0.15, -0.1) is 4.52 Å². The summed E-state index contributed by atoms with van der Waals surface area (Å²) in [6.07, 6.45) is 9.66. The number of unbranched alkanes of at least 4 members (excludes halogenated alkanes) is 7. The summed E-state index contributed by atoms with van der Waals surface area (Å²) in [7, 11) is -2.63. The van der Waals surface area contributed by atoms with Gasteiger partial charge in [0.1, 0.15) is 6.61 Å². The summed E-state index contributed by atoms with van der Waals surface area (Å²) in [5, 5.41) is 0. The van der Waals surface area contributed by atoms with Crippen molar-refractivity contribution in [3.05, 3.63) is 0 Å². The second-order valence-corrected chi connectivity index (χ2v) is 4.24. The molecule has 0 radical (unpaired) electrons. The van der Waals surface area contributed by atoms with Crippen LogP contribution in [0.1, 0.15) is 58.3 Å². The molecule has 0 aromatic rings. The smallest absolute Gasteiger partial charge is 0.566 e. The molecule has 5 heteroatoms. The third-order valence-electron chi connectivity index (χ3n) is 2.19. The minimum absolute atomic E-state index is 0. The van der Waals surface area contributed by atoms with Gasteiger partial charge in [0.2, 0.25) is 0 Å². The fourth-order valence-electron chi connectivity index (χ4n) is 1.38.